The van der Waals surface area contributed by atoms with Crippen molar-refractivity contribution in [3.63, 3.8) is 0 Å². The number of nitrogens with zero attached hydrogens (tertiary/aromatic N) is 1. The van der Waals surface area contributed by atoms with Crippen LogP contribution in [0.4, 0.5) is 5.69 Å². The second-order valence-electron chi connectivity index (χ2n) is 5.12. The molecule has 0 saturated carbocycles. The maximum absolute atomic E-state index is 12.2. The molecule has 1 aromatic heterocycles. The first-order valence-corrected chi connectivity index (χ1v) is 7.65. The molecular weight excluding hydrogens is 280 g/mol. The molecule has 4 heteroatoms. The van der Waals surface area contributed by atoms with E-state index in [0.717, 1.165) is 26.5 Å². The average molecular weight is 296 g/mol. The maximum Gasteiger partial charge on any atom is 0.231 e. The fourth-order valence-corrected chi connectivity index (χ4v) is 3.25. The molecule has 106 valence electrons. The third-order valence-corrected chi connectivity index (χ3v) is 4.34. The molecule has 3 aromatic rings. The number of nitrogens with one attached hydrogen (secondary N) is 1. The molecule has 3 rings (SSSR count). The quantitative estimate of drug-likeness (QED) is 0.791. The van der Waals surface area contributed by atoms with Gasteiger partial charge in [0, 0.05) is 5.69 Å². The van der Waals surface area contributed by atoms with E-state index in [0.29, 0.717) is 6.42 Å². The Morgan fingerprint density at radius 2 is 2.00 bits per heavy atom. The summed E-state index contributed by atoms with van der Waals surface area (Å²) in [4.78, 5) is 16.6. The molecule has 0 aliphatic heterocycles. The van der Waals surface area contributed by atoms with Crippen molar-refractivity contribution in [1.29, 1.82) is 0 Å². The van der Waals surface area contributed by atoms with Crippen molar-refractivity contribution in [2.24, 2.45) is 0 Å². The number of anilines is 1. The molecule has 0 fully saturated rings. The van der Waals surface area contributed by atoms with Gasteiger partial charge in [-0.15, -0.1) is 11.3 Å². The van der Waals surface area contributed by atoms with Gasteiger partial charge in [0.1, 0.15) is 5.01 Å². The molecular formula is C17H16N2OS. The largest absolute Gasteiger partial charge is 0.325 e. The van der Waals surface area contributed by atoms with Crippen LogP contribution in [-0.4, -0.2) is 10.9 Å². The lowest BCUT2D eigenvalue weighted by atomic mass is 10.1. The number of fused-ring (bicyclic) bond motifs is 1. The molecule has 21 heavy (non-hydrogen) atoms. The first-order chi connectivity index (χ1) is 10.1. The lowest BCUT2D eigenvalue weighted by Gasteiger charge is -2.08. The van der Waals surface area contributed by atoms with Gasteiger partial charge < -0.3 is 5.32 Å². The molecule has 0 aliphatic carbocycles. The van der Waals surface area contributed by atoms with E-state index in [-0.39, 0.29) is 5.91 Å². The molecule has 0 unspecified atom stereocenters. The van der Waals surface area contributed by atoms with Gasteiger partial charge in [-0.2, -0.15) is 0 Å². The van der Waals surface area contributed by atoms with Crippen LogP contribution in [0.2, 0.25) is 0 Å². The van der Waals surface area contributed by atoms with Crippen LogP contribution in [0.1, 0.15) is 16.1 Å². The van der Waals surface area contributed by atoms with Crippen LogP contribution in [0.15, 0.2) is 42.5 Å². The number of carbonyl (C=O) groups excluding carboxylic acids is 1. The fourth-order valence-electron chi connectivity index (χ4n) is 2.28. The predicted molar refractivity (Wildman–Crippen MR) is 87.9 cm³/mol. The van der Waals surface area contributed by atoms with Crippen LogP contribution < -0.4 is 5.32 Å². The number of aromatic nitrogens is 1. The predicted octanol–water partition coefficient (Wildman–Crippen LogP) is 4.09. The number of hydrogen-bond acceptors (Lipinski definition) is 3. The van der Waals surface area contributed by atoms with Crippen LogP contribution in [0.25, 0.3) is 10.2 Å². The van der Waals surface area contributed by atoms with Gasteiger partial charge in [0.2, 0.25) is 5.91 Å². The Kier molecular flexibility index (Phi) is 3.71. The third-order valence-electron chi connectivity index (χ3n) is 3.31. The van der Waals surface area contributed by atoms with Crippen LogP contribution in [0.5, 0.6) is 0 Å². The second-order valence-corrected chi connectivity index (χ2v) is 6.23. The standard InChI is InChI=1S/C17H16N2OS/c1-11-7-8-13(12(2)9-11)18-16(20)10-17-19-14-5-3-4-6-15(14)21-17/h3-9H,10H2,1-2H3,(H,18,20). The van der Waals surface area contributed by atoms with E-state index in [1.165, 1.54) is 5.56 Å². The van der Waals surface area contributed by atoms with Gasteiger partial charge in [-0.1, -0.05) is 29.8 Å². The average Bonchev–Trinajstić information content (AvgIpc) is 2.84. The lowest BCUT2D eigenvalue weighted by Crippen LogP contribution is -2.15. The van der Waals surface area contributed by atoms with Crippen molar-refractivity contribution in [2.75, 3.05) is 5.32 Å². The van der Waals surface area contributed by atoms with E-state index in [1.54, 1.807) is 11.3 Å². The van der Waals surface area contributed by atoms with Gasteiger partial charge in [-0.3, -0.25) is 4.79 Å². The SMILES string of the molecule is Cc1ccc(NC(=O)Cc2nc3ccccc3s2)c(C)c1. The summed E-state index contributed by atoms with van der Waals surface area (Å²) < 4.78 is 1.12. The summed E-state index contributed by atoms with van der Waals surface area (Å²) in [6.45, 7) is 4.04. The summed E-state index contributed by atoms with van der Waals surface area (Å²) in [5.41, 5.74) is 4.09. The van der Waals surface area contributed by atoms with Gasteiger partial charge in [0.25, 0.3) is 0 Å². The minimum atomic E-state index is -0.0268. The Morgan fingerprint density at radius 3 is 2.76 bits per heavy atom. The molecule has 2 aromatic carbocycles. The summed E-state index contributed by atoms with van der Waals surface area (Å²) in [6, 6.07) is 14.0. The van der Waals surface area contributed by atoms with E-state index in [1.807, 2.05) is 50.2 Å². The summed E-state index contributed by atoms with van der Waals surface area (Å²) >= 11 is 1.57. The highest BCUT2D eigenvalue weighted by molar-refractivity contribution is 7.18. The number of para-hydroxylation sites is 1. The molecule has 1 amide bonds. The molecule has 0 radical (unpaired) electrons. The first-order valence-electron chi connectivity index (χ1n) is 6.83. The molecule has 1 N–H and O–H groups in total. The van der Waals surface area contributed by atoms with E-state index >= 15 is 0 Å². The van der Waals surface area contributed by atoms with Crippen molar-refractivity contribution in [3.8, 4) is 0 Å². The zero-order chi connectivity index (χ0) is 14.8. The van der Waals surface area contributed by atoms with Crippen LogP contribution >= 0.6 is 11.3 Å². The minimum absolute atomic E-state index is 0.0268. The smallest absolute Gasteiger partial charge is 0.231 e. The summed E-state index contributed by atoms with van der Waals surface area (Å²) in [5.74, 6) is -0.0268. The number of hydrogen-bond donors (Lipinski definition) is 1. The second kappa shape index (κ2) is 5.66. The Morgan fingerprint density at radius 1 is 1.19 bits per heavy atom. The van der Waals surface area contributed by atoms with Crippen molar-refractivity contribution in [1.82, 2.24) is 4.98 Å². The van der Waals surface area contributed by atoms with Crippen molar-refractivity contribution < 1.29 is 4.79 Å². The molecule has 3 nitrogen and oxygen atoms in total. The number of rotatable bonds is 3. The molecule has 0 bridgehead atoms. The Labute approximate surface area is 127 Å². The van der Waals surface area contributed by atoms with Crippen molar-refractivity contribution in [3.05, 3.63) is 58.6 Å². The number of amides is 1. The van der Waals surface area contributed by atoms with Gasteiger partial charge in [-0.05, 0) is 37.6 Å². The maximum atomic E-state index is 12.2. The zero-order valence-electron chi connectivity index (χ0n) is 12.0. The third kappa shape index (κ3) is 3.11. The number of benzene rings is 2. The highest BCUT2D eigenvalue weighted by Gasteiger charge is 2.10. The van der Waals surface area contributed by atoms with Crippen LogP contribution in [0, 0.1) is 13.8 Å². The minimum Gasteiger partial charge on any atom is -0.325 e. The molecule has 0 atom stereocenters. The highest BCUT2D eigenvalue weighted by Crippen LogP contribution is 2.22. The van der Waals surface area contributed by atoms with Gasteiger partial charge in [0.05, 0.1) is 16.6 Å². The Balaban J connectivity index is 1.74. The molecule has 1 heterocycles. The van der Waals surface area contributed by atoms with Crippen molar-refractivity contribution in [2.45, 2.75) is 20.3 Å². The van der Waals surface area contributed by atoms with E-state index in [4.69, 9.17) is 0 Å². The van der Waals surface area contributed by atoms with Gasteiger partial charge in [-0.25, -0.2) is 4.98 Å². The van der Waals surface area contributed by atoms with Crippen molar-refractivity contribution >= 4 is 33.1 Å². The summed E-state index contributed by atoms with van der Waals surface area (Å²) in [6.07, 6.45) is 0.312. The number of carbonyl (C=O) groups is 1. The Hall–Kier alpha value is -2.20. The lowest BCUT2D eigenvalue weighted by molar-refractivity contribution is -0.115. The number of aryl methyl sites for hydroxylation is 2. The van der Waals surface area contributed by atoms with E-state index < -0.39 is 0 Å². The molecule has 0 aliphatic rings. The zero-order valence-corrected chi connectivity index (χ0v) is 12.8. The van der Waals surface area contributed by atoms with Crippen LogP contribution in [-0.2, 0) is 11.2 Å². The van der Waals surface area contributed by atoms with Crippen LogP contribution in [0.3, 0.4) is 0 Å². The van der Waals surface area contributed by atoms with Gasteiger partial charge in [0.15, 0.2) is 0 Å². The monoisotopic (exact) mass is 296 g/mol. The van der Waals surface area contributed by atoms with E-state index in [2.05, 4.69) is 16.4 Å². The van der Waals surface area contributed by atoms with E-state index in [9.17, 15) is 4.79 Å². The highest BCUT2D eigenvalue weighted by atomic mass is 32.1. The van der Waals surface area contributed by atoms with Gasteiger partial charge >= 0.3 is 0 Å². The topological polar surface area (TPSA) is 42.0 Å². The molecule has 0 spiro atoms. The summed E-state index contributed by atoms with van der Waals surface area (Å²) in [7, 11) is 0. The normalized spacial score (nSPS) is 10.8. The fraction of sp³-hybridized carbons (Fsp3) is 0.176. The summed E-state index contributed by atoms with van der Waals surface area (Å²) in [5, 5.41) is 3.80. The first kappa shape index (κ1) is 13.8. The Bertz CT molecular complexity index is 774. The number of thiazole rings is 1. The molecule has 0 saturated heterocycles.